The van der Waals surface area contributed by atoms with Crippen LogP contribution in [0.25, 0.3) is 0 Å². The van der Waals surface area contributed by atoms with E-state index in [0.29, 0.717) is 37.8 Å². The molecular formula is C37H55N5O6. The van der Waals surface area contributed by atoms with Crippen LogP contribution in [0.3, 0.4) is 0 Å². The number of urea groups is 1. The predicted molar refractivity (Wildman–Crippen MR) is 183 cm³/mol. The van der Waals surface area contributed by atoms with Crippen LogP contribution in [0.4, 0.5) is 4.79 Å². The van der Waals surface area contributed by atoms with Gasteiger partial charge < -0.3 is 26.6 Å². The molecule has 5 amide bonds. The number of carbonyl (C=O) groups is 6. The van der Waals surface area contributed by atoms with Gasteiger partial charge in [0.15, 0.2) is 5.78 Å². The number of primary amides is 1. The van der Waals surface area contributed by atoms with Gasteiger partial charge in [0.05, 0.1) is 6.04 Å². The number of nitrogens with zero attached hydrogens (tertiary/aromatic N) is 1. The predicted octanol–water partition coefficient (Wildman–Crippen LogP) is 4.28. The summed E-state index contributed by atoms with van der Waals surface area (Å²) in [5.74, 6) is -2.77. The van der Waals surface area contributed by atoms with E-state index in [-0.39, 0.29) is 30.0 Å². The Morgan fingerprint density at radius 1 is 0.917 bits per heavy atom. The number of nitrogens with one attached hydrogen (secondary N) is 3. The second-order valence-electron chi connectivity index (χ2n) is 15.7. The van der Waals surface area contributed by atoms with Crippen molar-refractivity contribution in [3.63, 3.8) is 0 Å². The van der Waals surface area contributed by atoms with E-state index < -0.39 is 58.6 Å². The van der Waals surface area contributed by atoms with Crippen LogP contribution in [0.5, 0.6) is 0 Å². The quantitative estimate of drug-likeness (QED) is 0.181. The largest absolute Gasteiger partial charge is 0.363 e. The average Bonchev–Trinajstić information content (AvgIpc) is 3.46. The first-order valence-corrected chi connectivity index (χ1v) is 17.7. The monoisotopic (exact) mass is 665 g/mol. The van der Waals surface area contributed by atoms with Gasteiger partial charge in [-0.25, -0.2) is 4.79 Å². The van der Waals surface area contributed by atoms with Gasteiger partial charge in [-0.2, -0.15) is 0 Å². The molecule has 3 fully saturated rings. The van der Waals surface area contributed by atoms with Crippen LogP contribution in [0, 0.1) is 23.2 Å². The molecule has 2 aliphatic carbocycles. The number of hydrogen-bond acceptors (Lipinski definition) is 6. The van der Waals surface area contributed by atoms with E-state index in [1.807, 2.05) is 52.8 Å². The van der Waals surface area contributed by atoms with Crippen molar-refractivity contribution in [1.29, 1.82) is 0 Å². The zero-order valence-corrected chi connectivity index (χ0v) is 29.3. The molecular weight excluding hydrogens is 610 g/mol. The lowest BCUT2D eigenvalue weighted by Gasteiger charge is -2.40. The zero-order chi connectivity index (χ0) is 35.2. The smallest absolute Gasteiger partial charge is 0.315 e. The van der Waals surface area contributed by atoms with Crippen molar-refractivity contribution in [2.45, 2.75) is 129 Å². The highest BCUT2D eigenvalue weighted by Gasteiger charge is 2.48. The lowest BCUT2D eigenvalue weighted by Crippen LogP contribution is -2.63. The molecule has 3 aliphatic rings. The summed E-state index contributed by atoms with van der Waals surface area (Å²) in [6.07, 6.45) is 8.05. The van der Waals surface area contributed by atoms with Gasteiger partial charge in [-0.15, -0.1) is 0 Å². The van der Waals surface area contributed by atoms with Gasteiger partial charge in [-0.05, 0) is 48.9 Å². The summed E-state index contributed by atoms with van der Waals surface area (Å²) in [6, 6.07) is 5.61. The Hall–Kier alpha value is -3.76. The fourth-order valence-electron chi connectivity index (χ4n) is 7.65. The lowest BCUT2D eigenvalue weighted by atomic mass is 9.77. The molecule has 11 heteroatoms. The molecule has 2 saturated carbocycles. The number of ketones is 2. The van der Waals surface area contributed by atoms with Crippen molar-refractivity contribution in [3.8, 4) is 0 Å². The highest BCUT2D eigenvalue weighted by Crippen LogP contribution is 2.36. The molecule has 1 aromatic carbocycles. The molecule has 0 aromatic heterocycles. The molecule has 11 nitrogen and oxygen atoms in total. The molecule has 0 radical (unpaired) electrons. The van der Waals surface area contributed by atoms with Crippen LogP contribution in [0.2, 0.25) is 0 Å². The van der Waals surface area contributed by atoms with Crippen molar-refractivity contribution in [1.82, 2.24) is 20.9 Å². The molecule has 1 heterocycles. The molecule has 1 aliphatic heterocycles. The summed E-state index contributed by atoms with van der Waals surface area (Å²) in [7, 11) is 0. The SMILES string of the molecule is CC(C)[C@H]1CCN(C(=O)[C@@H](NC(=O)NC2(CC(=O)c3ccccc3)CCCCC2)C(C)(C)C)[C@@H]1C(=O)NC(CC1CCC1)C(=O)C(N)=O. The third kappa shape index (κ3) is 9.02. The van der Waals surface area contributed by atoms with Crippen LogP contribution in [0.1, 0.15) is 116 Å². The van der Waals surface area contributed by atoms with Crippen molar-refractivity contribution < 1.29 is 28.8 Å². The van der Waals surface area contributed by atoms with E-state index in [2.05, 4.69) is 16.0 Å². The van der Waals surface area contributed by atoms with Gasteiger partial charge in [-0.1, -0.05) is 103 Å². The number of rotatable bonds is 13. The molecule has 4 atom stereocenters. The summed E-state index contributed by atoms with van der Waals surface area (Å²) in [5, 5.41) is 8.86. The minimum absolute atomic E-state index is 0.0441. The van der Waals surface area contributed by atoms with Gasteiger partial charge in [0.1, 0.15) is 12.1 Å². The van der Waals surface area contributed by atoms with Crippen molar-refractivity contribution in [3.05, 3.63) is 35.9 Å². The normalized spacial score (nSPS) is 22.2. The summed E-state index contributed by atoms with van der Waals surface area (Å²) in [6.45, 7) is 9.87. The molecule has 1 aromatic rings. The number of hydrogen-bond donors (Lipinski definition) is 4. The second-order valence-corrected chi connectivity index (χ2v) is 15.7. The maximum absolute atomic E-state index is 14.4. The minimum atomic E-state index is -1.09. The lowest BCUT2D eigenvalue weighted by molar-refractivity contribution is -0.144. The highest BCUT2D eigenvalue weighted by atomic mass is 16.2. The van der Waals surface area contributed by atoms with Crippen LogP contribution in [-0.4, -0.2) is 70.4 Å². The molecule has 1 unspecified atom stereocenters. The van der Waals surface area contributed by atoms with Crippen LogP contribution < -0.4 is 21.7 Å². The van der Waals surface area contributed by atoms with Gasteiger partial charge in [0.2, 0.25) is 17.6 Å². The Morgan fingerprint density at radius 2 is 1.56 bits per heavy atom. The molecule has 0 spiro atoms. The fraction of sp³-hybridized carbons (Fsp3) is 0.676. The van der Waals surface area contributed by atoms with E-state index in [4.69, 9.17) is 5.73 Å². The van der Waals surface area contributed by atoms with E-state index >= 15 is 0 Å². The molecule has 0 bridgehead atoms. The summed E-state index contributed by atoms with van der Waals surface area (Å²) in [5.41, 5.74) is 4.49. The number of carbonyl (C=O) groups excluding carboxylic acids is 6. The maximum atomic E-state index is 14.4. The second kappa shape index (κ2) is 15.6. The maximum Gasteiger partial charge on any atom is 0.315 e. The Kier molecular flexibility index (Phi) is 12.1. The van der Waals surface area contributed by atoms with E-state index in [0.717, 1.165) is 38.5 Å². The first kappa shape index (κ1) is 37.1. The highest BCUT2D eigenvalue weighted by molar-refractivity contribution is 6.37. The summed E-state index contributed by atoms with van der Waals surface area (Å²) in [4.78, 5) is 81.6. The van der Waals surface area contributed by atoms with Crippen LogP contribution in [0.15, 0.2) is 30.3 Å². The van der Waals surface area contributed by atoms with E-state index in [1.165, 1.54) is 4.90 Å². The molecule has 48 heavy (non-hydrogen) atoms. The Labute approximate surface area is 284 Å². The fourth-order valence-corrected chi connectivity index (χ4v) is 7.65. The standard InChI is InChI=1S/C37H55N5O6/c1-23(2)26-17-20-42(29(26)33(46)39-27(30(44)32(38)45)21-24-13-12-14-24)34(47)31(36(3,4)5)40-35(48)41-37(18-10-7-11-19-37)22-28(43)25-15-8-6-9-16-25/h6,8-9,15-16,23-24,26-27,29,31H,7,10-14,17-22H2,1-5H3,(H2,38,45)(H,39,46)(H2,40,41,48)/t26-,27?,29+,31-/m1/s1. The first-order chi connectivity index (χ1) is 22.6. The molecule has 1 saturated heterocycles. The molecule has 264 valence electrons. The van der Waals surface area contributed by atoms with Gasteiger partial charge in [0, 0.05) is 24.1 Å². The number of nitrogens with two attached hydrogens (primary N) is 1. The molecule has 5 N–H and O–H groups in total. The topological polar surface area (TPSA) is 168 Å². The summed E-state index contributed by atoms with van der Waals surface area (Å²) >= 11 is 0. The summed E-state index contributed by atoms with van der Waals surface area (Å²) < 4.78 is 0. The van der Waals surface area contributed by atoms with Crippen molar-refractivity contribution in [2.24, 2.45) is 28.9 Å². The van der Waals surface area contributed by atoms with Crippen LogP contribution in [-0.2, 0) is 19.2 Å². The zero-order valence-electron chi connectivity index (χ0n) is 29.3. The Bertz CT molecular complexity index is 1350. The van der Waals surface area contributed by atoms with E-state index in [1.54, 1.807) is 12.1 Å². The minimum Gasteiger partial charge on any atom is -0.363 e. The number of benzene rings is 1. The first-order valence-electron chi connectivity index (χ1n) is 17.7. The van der Waals surface area contributed by atoms with Gasteiger partial charge in [-0.3, -0.25) is 24.0 Å². The van der Waals surface area contributed by atoms with Crippen LogP contribution >= 0.6 is 0 Å². The van der Waals surface area contributed by atoms with Gasteiger partial charge >= 0.3 is 6.03 Å². The third-order valence-electron chi connectivity index (χ3n) is 10.7. The number of Topliss-reactive ketones (excluding diaryl/α,β-unsaturated/α-hetero) is 2. The molecule has 4 rings (SSSR count). The average molecular weight is 666 g/mol. The Balaban J connectivity index is 1.53. The van der Waals surface area contributed by atoms with Crippen molar-refractivity contribution in [2.75, 3.05) is 6.54 Å². The van der Waals surface area contributed by atoms with Gasteiger partial charge in [0.25, 0.3) is 5.91 Å². The van der Waals surface area contributed by atoms with E-state index in [9.17, 15) is 28.8 Å². The third-order valence-corrected chi connectivity index (χ3v) is 10.7. The van der Waals surface area contributed by atoms with Crippen molar-refractivity contribution >= 4 is 35.3 Å². The number of likely N-dealkylation sites (tertiary alicyclic amines) is 1. The Morgan fingerprint density at radius 3 is 2.10 bits per heavy atom. The number of amides is 5.